The Balaban J connectivity index is 1.79. The summed E-state index contributed by atoms with van der Waals surface area (Å²) in [6, 6.07) is 6.86. The van der Waals surface area contributed by atoms with E-state index in [4.69, 9.17) is 32.7 Å². The molecule has 0 unspecified atom stereocenters. The van der Waals surface area contributed by atoms with Gasteiger partial charge in [-0.05, 0) is 52.7 Å². The van der Waals surface area contributed by atoms with Gasteiger partial charge in [0.1, 0.15) is 12.4 Å². The molecule has 0 atom stereocenters. The van der Waals surface area contributed by atoms with Gasteiger partial charge in [0.15, 0.2) is 10.5 Å². The zero-order chi connectivity index (χ0) is 23.0. The van der Waals surface area contributed by atoms with Gasteiger partial charge in [-0.2, -0.15) is 17.6 Å². The second kappa shape index (κ2) is 11.6. The molecule has 0 aliphatic heterocycles. The highest BCUT2D eigenvalue weighted by Gasteiger charge is 2.30. The van der Waals surface area contributed by atoms with Gasteiger partial charge in [0, 0.05) is 24.2 Å². The largest absolute Gasteiger partial charge is 0.490 e. The number of rotatable bonds is 9. The van der Waals surface area contributed by atoms with Crippen molar-refractivity contribution in [1.29, 1.82) is 0 Å². The van der Waals surface area contributed by atoms with Crippen LogP contribution in [0.5, 0.6) is 11.5 Å². The Morgan fingerprint density at radius 1 is 1.10 bits per heavy atom. The van der Waals surface area contributed by atoms with Crippen LogP contribution in [0.2, 0.25) is 10.0 Å². The number of hydrogen-bond acceptors (Lipinski definition) is 3. The van der Waals surface area contributed by atoms with Crippen LogP contribution < -0.4 is 14.8 Å². The van der Waals surface area contributed by atoms with E-state index in [9.17, 15) is 22.4 Å². The number of halogens is 7. The summed E-state index contributed by atoms with van der Waals surface area (Å²) in [7, 11) is 0. The second-order valence-electron chi connectivity index (χ2n) is 6.05. The number of nitrogens with one attached hydrogen (secondary N) is 1. The summed E-state index contributed by atoms with van der Waals surface area (Å²) >= 11 is 14.9. The highest BCUT2D eigenvalue weighted by Crippen LogP contribution is 2.37. The summed E-state index contributed by atoms with van der Waals surface area (Å²) in [6.07, 6.45) is -2.89. The predicted octanol–water partition coefficient (Wildman–Crippen LogP) is 6.80. The van der Waals surface area contributed by atoms with E-state index in [1.165, 1.54) is 18.2 Å². The normalized spacial score (nSPS) is 11.9. The molecule has 0 aromatic heterocycles. The number of benzene rings is 2. The lowest BCUT2D eigenvalue weighted by Gasteiger charge is -2.12. The molecule has 0 saturated heterocycles. The Hall–Kier alpha value is -1.97. The van der Waals surface area contributed by atoms with E-state index < -0.39 is 22.4 Å². The molecule has 0 aliphatic rings. The molecule has 1 N–H and O–H groups in total. The first-order valence-electron chi connectivity index (χ1n) is 8.79. The van der Waals surface area contributed by atoms with Crippen molar-refractivity contribution in [3.05, 3.63) is 68.4 Å². The van der Waals surface area contributed by atoms with Gasteiger partial charge in [-0.25, -0.2) is 0 Å². The fourth-order valence-electron chi connectivity index (χ4n) is 2.32. The first kappa shape index (κ1) is 25.3. The number of carbonyl (C=O) groups excluding carboxylic acids is 1. The maximum Gasteiger partial charge on any atom is 0.416 e. The van der Waals surface area contributed by atoms with E-state index in [0.717, 1.165) is 24.3 Å². The average Bonchev–Trinajstić information content (AvgIpc) is 2.68. The lowest BCUT2D eigenvalue weighted by Crippen LogP contribution is -2.25. The zero-order valence-electron chi connectivity index (χ0n) is 15.7. The minimum Gasteiger partial charge on any atom is -0.490 e. The van der Waals surface area contributed by atoms with Gasteiger partial charge in [-0.1, -0.05) is 23.2 Å². The average molecular weight is 545 g/mol. The van der Waals surface area contributed by atoms with E-state index in [1.54, 1.807) is 0 Å². The van der Waals surface area contributed by atoms with E-state index in [1.807, 2.05) is 0 Å². The molecule has 2 aromatic rings. The van der Waals surface area contributed by atoms with Gasteiger partial charge >= 0.3 is 6.18 Å². The monoisotopic (exact) mass is 543 g/mol. The number of amides is 1. The predicted molar refractivity (Wildman–Crippen MR) is 114 cm³/mol. The zero-order valence-corrected chi connectivity index (χ0v) is 18.8. The molecule has 168 valence electrons. The lowest BCUT2D eigenvalue weighted by atomic mass is 10.1. The van der Waals surface area contributed by atoms with Gasteiger partial charge in [0.05, 0.1) is 22.2 Å². The van der Waals surface area contributed by atoms with Crippen LogP contribution in [0.1, 0.15) is 22.3 Å². The molecule has 0 saturated carbocycles. The van der Waals surface area contributed by atoms with Crippen LogP contribution in [-0.2, 0) is 6.18 Å². The molecule has 0 spiro atoms. The van der Waals surface area contributed by atoms with E-state index in [0.29, 0.717) is 12.2 Å². The third kappa shape index (κ3) is 8.23. The highest BCUT2D eigenvalue weighted by atomic mass is 79.9. The van der Waals surface area contributed by atoms with Crippen molar-refractivity contribution >= 4 is 45.0 Å². The van der Waals surface area contributed by atoms with Crippen LogP contribution in [0.4, 0.5) is 17.6 Å². The van der Waals surface area contributed by atoms with Gasteiger partial charge in [-0.15, -0.1) is 0 Å². The first-order valence-corrected chi connectivity index (χ1v) is 10.3. The SMILES string of the molecule is O=C(NCCCOc1c(Cl)cc(OCC=C(F)Br)cc1Cl)c1ccc(C(F)(F)F)cc1. The summed E-state index contributed by atoms with van der Waals surface area (Å²) < 4.78 is 60.5. The van der Waals surface area contributed by atoms with Crippen LogP contribution >= 0.6 is 39.1 Å². The summed E-state index contributed by atoms with van der Waals surface area (Å²) in [5.41, 5.74) is -0.709. The Morgan fingerprint density at radius 3 is 2.26 bits per heavy atom. The standard InChI is InChI=1S/C20H16BrCl2F4NO3/c21-17(24)6-9-30-14-10-15(22)18(16(23)11-14)31-8-1-7-28-19(29)12-2-4-13(5-3-12)20(25,26)27/h2-6,10-11H,1,7-9H2,(H,28,29). The molecule has 0 heterocycles. The van der Waals surface area contributed by atoms with E-state index in [-0.39, 0.29) is 41.1 Å². The number of alkyl halides is 3. The topological polar surface area (TPSA) is 47.6 Å². The molecule has 1 amide bonds. The van der Waals surface area contributed by atoms with Crippen LogP contribution in [-0.4, -0.2) is 25.7 Å². The van der Waals surface area contributed by atoms with Gasteiger partial charge in [-0.3, -0.25) is 4.79 Å². The summed E-state index contributed by atoms with van der Waals surface area (Å²) in [4.78, 5) is 12.0. The van der Waals surface area contributed by atoms with Crippen LogP contribution in [0.15, 0.2) is 47.2 Å². The molecule has 4 nitrogen and oxygen atoms in total. The molecule has 0 radical (unpaired) electrons. The molecule has 11 heteroatoms. The number of ether oxygens (including phenoxy) is 2. The fourth-order valence-corrected chi connectivity index (χ4v) is 3.03. The Labute approximate surface area is 194 Å². The van der Waals surface area contributed by atoms with Crippen LogP contribution in [0.25, 0.3) is 0 Å². The Kier molecular flexibility index (Phi) is 9.46. The van der Waals surface area contributed by atoms with Crippen molar-refractivity contribution < 1.29 is 31.8 Å². The quantitative estimate of drug-likeness (QED) is 0.279. The summed E-state index contributed by atoms with van der Waals surface area (Å²) in [6.45, 7) is 0.369. The molecule has 0 aliphatic carbocycles. The van der Waals surface area contributed by atoms with Crippen molar-refractivity contribution in [3.63, 3.8) is 0 Å². The molecular weight excluding hydrogens is 529 g/mol. The lowest BCUT2D eigenvalue weighted by molar-refractivity contribution is -0.137. The summed E-state index contributed by atoms with van der Waals surface area (Å²) in [5.74, 6) is 0.0587. The molecular formula is C20H16BrCl2F4NO3. The molecule has 2 aromatic carbocycles. The highest BCUT2D eigenvalue weighted by molar-refractivity contribution is 9.11. The maximum absolute atomic E-state index is 12.6. The van der Waals surface area contributed by atoms with Gasteiger partial charge in [0.25, 0.3) is 5.91 Å². The van der Waals surface area contributed by atoms with E-state index in [2.05, 4.69) is 21.2 Å². The van der Waals surface area contributed by atoms with Crippen LogP contribution in [0, 0.1) is 0 Å². The molecule has 0 fully saturated rings. The third-order valence-electron chi connectivity index (χ3n) is 3.79. The number of hydrogen-bond donors (Lipinski definition) is 1. The van der Waals surface area contributed by atoms with Gasteiger partial charge < -0.3 is 14.8 Å². The summed E-state index contributed by atoms with van der Waals surface area (Å²) in [5, 5.41) is 2.98. The van der Waals surface area contributed by atoms with Crippen molar-refractivity contribution in [1.82, 2.24) is 5.32 Å². The van der Waals surface area contributed by atoms with Crippen molar-refractivity contribution in [2.45, 2.75) is 12.6 Å². The smallest absolute Gasteiger partial charge is 0.416 e. The minimum atomic E-state index is -4.46. The van der Waals surface area contributed by atoms with E-state index >= 15 is 0 Å². The van der Waals surface area contributed by atoms with Crippen LogP contribution in [0.3, 0.4) is 0 Å². The first-order chi connectivity index (χ1) is 14.6. The number of carbonyl (C=O) groups is 1. The Bertz CT molecular complexity index is 910. The van der Waals surface area contributed by atoms with Gasteiger partial charge in [0.2, 0.25) is 0 Å². The second-order valence-corrected chi connectivity index (χ2v) is 7.63. The van der Waals surface area contributed by atoms with Crippen molar-refractivity contribution in [2.75, 3.05) is 19.8 Å². The molecule has 2 rings (SSSR count). The van der Waals surface area contributed by atoms with Crippen molar-refractivity contribution in [2.24, 2.45) is 0 Å². The fraction of sp³-hybridized carbons (Fsp3) is 0.250. The minimum absolute atomic E-state index is 0.0252. The molecule has 31 heavy (non-hydrogen) atoms. The maximum atomic E-state index is 12.6. The molecule has 0 bridgehead atoms. The third-order valence-corrected chi connectivity index (χ3v) is 4.67. The van der Waals surface area contributed by atoms with Crippen molar-refractivity contribution in [3.8, 4) is 11.5 Å². The Morgan fingerprint density at radius 2 is 1.71 bits per heavy atom.